The number of hydrogen-bond donors (Lipinski definition) is 1. The summed E-state index contributed by atoms with van der Waals surface area (Å²) >= 11 is 0. The van der Waals surface area contributed by atoms with E-state index in [1.54, 1.807) is 0 Å². The van der Waals surface area contributed by atoms with Crippen LogP contribution < -0.4 is 10.1 Å². The molecule has 136 valence electrons. The van der Waals surface area contributed by atoms with Crippen LogP contribution in [0, 0.1) is 0 Å². The number of amides is 2. The van der Waals surface area contributed by atoms with Crippen molar-refractivity contribution < 1.29 is 14.3 Å². The van der Waals surface area contributed by atoms with Crippen molar-refractivity contribution in [1.29, 1.82) is 0 Å². The fourth-order valence-electron chi connectivity index (χ4n) is 3.40. The van der Waals surface area contributed by atoms with Crippen LogP contribution in [0.2, 0.25) is 0 Å². The Balaban J connectivity index is 1.81. The molecule has 1 saturated heterocycles. The number of carbonyl (C=O) groups is 2. The number of benzene rings is 1. The average molecular weight is 345 g/mol. The van der Waals surface area contributed by atoms with Crippen molar-refractivity contribution in [3.8, 4) is 5.75 Å². The molecule has 2 heterocycles. The SMILES string of the molecule is CCC(=O)N1CCN2CC(=O)Nc3cc(C(C)C)ccc3OC[C@@H]2C1. The third kappa shape index (κ3) is 3.95. The maximum absolute atomic E-state index is 12.5. The molecule has 0 unspecified atom stereocenters. The van der Waals surface area contributed by atoms with E-state index in [1.165, 1.54) is 5.56 Å². The molecule has 6 nitrogen and oxygen atoms in total. The van der Waals surface area contributed by atoms with E-state index in [4.69, 9.17) is 4.74 Å². The first-order chi connectivity index (χ1) is 12.0. The summed E-state index contributed by atoms with van der Waals surface area (Å²) in [5.74, 6) is 1.20. The van der Waals surface area contributed by atoms with Crippen molar-refractivity contribution in [2.45, 2.75) is 39.2 Å². The van der Waals surface area contributed by atoms with Gasteiger partial charge in [-0.2, -0.15) is 0 Å². The van der Waals surface area contributed by atoms with Gasteiger partial charge in [-0.15, -0.1) is 0 Å². The van der Waals surface area contributed by atoms with E-state index in [2.05, 4.69) is 24.1 Å². The first-order valence-corrected chi connectivity index (χ1v) is 9.06. The van der Waals surface area contributed by atoms with Gasteiger partial charge in [0.25, 0.3) is 0 Å². The average Bonchev–Trinajstić information content (AvgIpc) is 2.66. The number of hydrogen-bond acceptors (Lipinski definition) is 4. The van der Waals surface area contributed by atoms with Gasteiger partial charge in [0, 0.05) is 26.1 Å². The van der Waals surface area contributed by atoms with Crippen LogP contribution in [0.5, 0.6) is 5.75 Å². The van der Waals surface area contributed by atoms with Crippen LogP contribution in [0.1, 0.15) is 38.7 Å². The Kier molecular flexibility index (Phi) is 5.27. The molecule has 2 aliphatic rings. The molecular formula is C19H27N3O3. The molecule has 1 aromatic carbocycles. The highest BCUT2D eigenvalue weighted by Crippen LogP contribution is 2.30. The van der Waals surface area contributed by atoms with E-state index in [0.717, 1.165) is 5.69 Å². The molecule has 0 bridgehead atoms. The molecule has 1 aromatic rings. The van der Waals surface area contributed by atoms with E-state index < -0.39 is 0 Å². The van der Waals surface area contributed by atoms with Crippen molar-refractivity contribution in [3.63, 3.8) is 0 Å². The molecule has 25 heavy (non-hydrogen) atoms. The van der Waals surface area contributed by atoms with E-state index >= 15 is 0 Å². The van der Waals surface area contributed by atoms with Crippen molar-refractivity contribution in [2.24, 2.45) is 0 Å². The Morgan fingerprint density at radius 1 is 1.36 bits per heavy atom. The predicted molar refractivity (Wildman–Crippen MR) is 96.9 cm³/mol. The normalized spacial score (nSPS) is 21.4. The molecule has 1 fully saturated rings. The molecular weight excluding hydrogens is 318 g/mol. The van der Waals surface area contributed by atoms with Gasteiger partial charge in [-0.05, 0) is 23.6 Å². The Labute approximate surface area is 149 Å². The Morgan fingerprint density at radius 3 is 2.88 bits per heavy atom. The maximum atomic E-state index is 12.5. The highest BCUT2D eigenvalue weighted by Gasteiger charge is 2.32. The van der Waals surface area contributed by atoms with E-state index in [0.29, 0.717) is 50.9 Å². The summed E-state index contributed by atoms with van der Waals surface area (Å²) in [6, 6.07) is 6.00. The number of rotatable bonds is 2. The lowest BCUT2D eigenvalue weighted by Gasteiger charge is -2.40. The number of nitrogens with zero attached hydrogens (tertiary/aromatic N) is 2. The van der Waals surface area contributed by atoms with Gasteiger partial charge in [0.15, 0.2) is 0 Å². The zero-order valence-corrected chi connectivity index (χ0v) is 15.2. The second-order valence-electron chi connectivity index (χ2n) is 7.09. The Morgan fingerprint density at radius 2 is 2.16 bits per heavy atom. The fraction of sp³-hybridized carbons (Fsp3) is 0.579. The summed E-state index contributed by atoms with van der Waals surface area (Å²) in [5.41, 5.74) is 1.90. The zero-order chi connectivity index (χ0) is 18.0. The van der Waals surface area contributed by atoms with Crippen LogP contribution in [0.15, 0.2) is 18.2 Å². The zero-order valence-electron chi connectivity index (χ0n) is 15.2. The summed E-state index contributed by atoms with van der Waals surface area (Å²) in [7, 11) is 0. The minimum atomic E-state index is -0.0343. The number of piperazine rings is 1. The number of fused-ring (bicyclic) bond motifs is 2. The first kappa shape index (κ1) is 17.7. The van der Waals surface area contributed by atoms with Crippen molar-refractivity contribution in [1.82, 2.24) is 9.80 Å². The van der Waals surface area contributed by atoms with Crippen LogP contribution >= 0.6 is 0 Å². The number of ether oxygens (including phenoxy) is 1. The fourth-order valence-corrected chi connectivity index (χ4v) is 3.40. The topological polar surface area (TPSA) is 61.9 Å². The summed E-state index contributed by atoms with van der Waals surface area (Å²) in [6.07, 6.45) is 0.509. The first-order valence-electron chi connectivity index (χ1n) is 9.06. The minimum absolute atomic E-state index is 0.0331. The molecule has 0 aliphatic carbocycles. The van der Waals surface area contributed by atoms with E-state index in [1.807, 2.05) is 30.0 Å². The quantitative estimate of drug-likeness (QED) is 0.891. The standard InChI is InChI=1S/C19H27N3O3/c1-4-19(24)22-8-7-21-11-18(23)20-16-9-14(13(2)3)5-6-17(16)25-12-15(21)10-22/h5-6,9,13,15H,4,7-8,10-12H2,1-3H3,(H,20,23)/t15-/m0/s1. The van der Waals surface area contributed by atoms with Gasteiger partial charge in [0.05, 0.1) is 18.3 Å². The van der Waals surface area contributed by atoms with E-state index in [9.17, 15) is 9.59 Å². The lowest BCUT2D eigenvalue weighted by molar-refractivity contribution is -0.134. The lowest BCUT2D eigenvalue weighted by atomic mass is 10.0. The Hall–Kier alpha value is -2.08. The molecule has 2 amide bonds. The summed E-state index contributed by atoms with van der Waals surface area (Å²) in [4.78, 5) is 28.5. The summed E-state index contributed by atoms with van der Waals surface area (Å²) < 4.78 is 6.03. The molecule has 2 aliphatic heterocycles. The summed E-state index contributed by atoms with van der Waals surface area (Å²) in [6.45, 7) is 8.90. The molecule has 1 atom stereocenters. The molecule has 6 heteroatoms. The number of anilines is 1. The van der Waals surface area contributed by atoms with Gasteiger partial charge in [-0.25, -0.2) is 0 Å². The van der Waals surface area contributed by atoms with Gasteiger partial charge in [0.1, 0.15) is 12.4 Å². The van der Waals surface area contributed by atoms with Gasteiger partial charge >= 0.3 is 0 Å². The van der Waals surface area contributed by atoms with Gasteiger partial charge in [0.2, 0.25) is 11.8 Å². The van der Waals surface area contributed by atoms with Crippen molar-refractivity contribution >= 4 is 17.5 Å². The second-order valence-corrected chi connectivity index (χ2v) is 7.09. The van der Waals surface area contributed by atoms with Gasteiger partial charge < -0.3 is 15.0 Å². The summed E-state index contributed by atoms with van der Waals surface area (Å²) in [5, 5.41) is 2.99. The van der Waals surface area contributed by atoms with Crippen LogP contribution in [-0.2, 0) is 9.59 Å². The predicted octanol–water partition coefficient (Wildman–Crippen LogP) is 2.06. The largest absolute Gasteiger partial charge is 0.490 e. The molecule has 1 N–H and O–H groups in total. The highest BCUT2D eigenvalue weighted by molar-refractivity contribution is 5.94. The lowest BCUT2D eigenvalue weighted by Crippen LogP contribution is -2.57. The highest BCUT2D eigenvalue weighted by atomic mass is 16.5. The Bertz CT molecular complexity index is 659. The second kappa shape index (κ2) is 7.44. The van der Waals surface area contributed by atoms with E-state index in [-0.39, 0.29) is 17.9 Å². The van der Waals surface area contributed by atoms with Crippen molar-refractivity contribution in [2.75, 3.05) is 38.1 Å². The van der Waals surface area contributed by atoms with Crippen LogP contribution in [0.25, 0.3) is 0 Å². The monoisotopic (exact) mass is 345 g/mol. The minimum Gasteiger partial charge on any atom is -0.490 e. The third-order valence-corrected chi connectivity index (χ3v) is 4.98. The maximum Gasteiger partial charge on any atom is 0.238 e. The van der Waals surface area contributed by atoms with Gasteiger partial charge in [-0.3, -0.25) is 14.5 Å². The molecule has 3 rings (SSSR count). The third-order valence-electron chi connectivity index (χ3n) is 4.98. The molecule has 0 radical (unpaired) electrons. The van der Waals surface area contributed by atoms with Crippen LogP contribution in [0.3, 0.4) is 0 Å². The van der Waals surface area contributed by atoms with Gasteiger partial charge in [-0.1, -0.05) is 26.8 Å². The number of carbonyl (C=O) groups excluding carboxylic acids is 2. The van der Waals surface area contributed by atoms with Crippen molar-refractivity contribution in [3.05, 3.63) is 23.8 Å². The molecule has 0 spiro atoms. The smallest absolute Gasteiger partial charge is 0.238 e. The molecule has 0 aromatic heterocycles. The number of nitrogens with one attached hydrogen (secondary N) is 1. The molecule has 0 saturated carbocycles. The van der Waals surface area contributed by atoms with Crippen LogP contribution in [-0.4, -0.2) is 60.4 Å². The van der Waals surface area contributed by atoms with Crippen LogP contribution in [0.4, 0.5) is 5.69 Å².